The lowest BCUT2D eigenvalue weighted by atomic mass is 9.90. The lowest BCUT2D eigenvalue weighted by Crippen LogP contribution is -2.30. The zero-order chi connectivity index (χ0) is 13.2. The second-order valence-electron chi connectivity index (χ2n) is 5.43. The van der Waals surface area contributed by atoms with E-state index in [0.717, 1.165) is 5.56 Å². The first kappa shape index (κ1) is 12.9. The molecule has 1 heterocycles. The minimum absolute atomic E-state index is 0.258. The van der Waals surface area contributed by atoms with Gasteiger partial charge in [-0.3, -0.25) is 0 Å². The molecule has 0 unspecified atom stereocenters. The first-order valence-electron chi connectivity index (χ1n) is 6.13. The minimum atomic E-state index is -0.484. The van der Waals surface area contributed by atoms with Gasteiger partial charge in [-0.15, -0.1) is 0 Å². The molecule has 1 aromatic carbocycles. The number of likely N-dealkylation sites (tertiary alicyclic amines) is 1. The topological polar surface area (TPSA) is 49.8 Å². The molecular formula is C14H19NO3. The number of carbonyl (C=O) groups is 1. The molecule has 2 rings (SSSR count). The van der Waals surface area contributed by atoms with Crippen molar-refractivity contribution in [3.05, 3.63) is 35.9 Å². The monoisotopic (exact) mass is 249 g/mol. The molecule has 1 saturated heterocycles. The summed E-state index contributed by atoms with van der Waals surface area (Å²) in [6.45, 7) is 5.04. The highest BCUT2D eigenvalue weighted by Gasteiger charge is 2.40. The number of hydrogen-bond donors (Lipinski definition) is 1. The Morgan fingerprint density at radius 3 is 2.67 bits per heavy atom. The molecule has 4 nitrogen and oxygen atoms in total. The second kappa shape index (κ2) is 4.98. The molecule has 0 saturated carbocycles. The Kier molecular flexibility index (Phi) is 3.57. The molecule has 1 N–H and O–H groups in total. The van der Waals surface area contributed by atoms with Crippen LogP contribution in [0.2, 0.25) is 0 Å². The normalized spacial score (nSPS) is 21.9. The van der Waals surface area contributed by atoms with Crippen LogP contribution in [0.25, 0.3) is 0 Å². The van der Waals surface area contributed by atoms with Gasteiger partial charge in [0.05, 0.1) is 12.6 Å². The van der Waals surface area contributed by atoms with Crippen molar-refractivity contribution in [2.24, 2.45) is 5.41 Å². The van der Waals surface area contributed by atoms with Crippen molar-refractivity contribution < 1.29 is 14.6 Å². The van der Waals surface area contributed by atoms with Crippen molar-refractivity contribution in [1.29, 1.82) is 0 Å². The van der Waals surface area contributed by atoms with Gasteiger partial charge in [0.25, 0.3) is 0 Å². The molecule has 0 aromatic heterocycles. The molecule has 1 aliphatic rings. The third-order valence-electron chi connectivity index (χ3n) is 3.36. The number of nitrogens with zero attached hydrogens (tertiary/aromatic N) is 1. The number of carbonyl (C=O) groups excluding carboxylic acids is 1. The van der Waals surface area contributed by atoms with Crippen molar-refractivity contribution in [3.63, 3.8) is 0 Å². The summed E-state index contributed by atoms with van der Waals surface area (Å²) in [6.07, 6.45) is -0.842. The standard InChI is InChI=1S/C14H19NO3/c1-14(2)10-15(8-12(14)16)13(17)18-9-11-6-4-3-5-7-11/h3-7,12,16H,8-10H2,1-2H3/t12-/m0/s1. The smallest absolute Gasteiger partial charge is 0.410 e. The van der Waals surface area contributed by atoms with E-state index in [-0.39, 0.29) is 18.1 Å². The molecule has 1 fully saturated rings. The maximum atomic E-state index is 11.8. The zero-order valence-corrected chi connectivity index (χ0v) is 10.8. The number of amides is 1. The summed E-state index contributed by atoms with van der Waals surface area (Å²) in [6, 6.07) is 9.56. The van der Waals surface area contributed by atoms with Gasteiger partial charge in [0.2, 0.25) is 0 Å². The fraction of sp³-hybridized carbons (Fsp3) is 0.500. The number of rotatable bonds is 2. The van der Waals surface area contributed by atoms with E-state index < -0.39 is 6.10 Å². The molecular weight excluding hydrogens is 230 g/mol. The van der Waals surface area contributed by atoms with Gasteiger partial charge in [0, 0.05) is 12.0 Å². The van der Waals surface area contributed by atoms with Gasteiger partial charge < -0.3 is 14.7 Å². The van der Waals surface area contributed by atoms with Crippen LogP contribution in [0.15, 0.2) is 30.3 Å². The highest BCUT2D eigenvalue weighted by molar-refractivity contribution is 5.68. The van der Waals surface area contributed by atoms with E-state index in [1.54, 1.807) is 4.90 Å². The molecule has 18 heavy (non-hydrogen) atoms. The molecule has 1 aromatic rings. The Morgan fingerprint density at radius 1 is 1.44 bits per heavy atom. The molecule has 0 aliphatic carbocycles. The SMILES string of the molecule is CC1(C)CN(C(=O)OCc2ccccc2)C[C@@H]1O. The molecule has 98 valence electrons. The Bertz CT molecular complexity index is 416. The summed E-state index contributed by atoms with van der Waals surface area (Å²) < 4.78 is 5.23. The summed E-state index contributed by atoms with van der Waals surface area (Å²) >= 11 is 0. The van der Waals surface area contributed by atoms with Gasteiger partial charge in [-0.25, -0.2) is 4.79 Å². The number of β-amino-alcohol motifs (C(OH)–C–C–N with tert-alkyl or cyclic N) is 1. The van der Waals surface area contributed by atoms with Crippen molar-refractivity contribution in [1.82, 2.24) is 4.90 Å². The van der Waals surface area contributed by atoms with E-state index in [2.05, 4.69) is 0 Å². The number of aliphatic hydroxyl groups excluding tert-OH is 1. The van der Waals surface area contributed by atoms with Crippen molar-refractivity contribution in [2.45, 2.75) is 26.6 Å². The summed E-state index contributed by atoms with van der Waals surface area (Å²) in [5, 5.41) is 9.81. The van der Waals surface area contributed by atoms with Gasteiger partial charge >= 0.3 is 6.09 Å². The van der Waals surface area contributed by atoms with Crippen LogP contribution in [0.4, 0.5) is 4.79 Å². The van der Waals surface area contributed by atoms with Crippen molar-refractivity contribution in [3.8, 4) is 0 Å². The molecule has 0 radical (unpaired) electrons. The summed E-state index contributed by atoms with van der Waals surface area (Å²) in [5.41, 5.74) is 0.705. The fourth-order valence-electron chi connectivity index (χ4n) is 2.07. The van der Waals surface area contributed by atoms with Crippen molar-refractivity contribution >= 4 is 6.09 Å². The fourth-order valence-corrected chi connectivity index (χ4v) is 2.07. The van der Waals surface area contributed by atoms with Gasteiger partial charge in [-0.2, -0.15) is 0 Å². The van der Waals surface area contributed by atoms with Gasteiger partial charge in [0.15, 0.2) is 0 Å². The summed E-state index contributed by atoms with van der Waals surface area (Å²) in [5.74, 6) is 0. The lowest BCUT2D eigenvalue weighted by molar-refractivity contribution is 0.0910. The highest BCUT2D eigenvalue weighted by Crippen LogP contribution is 2.29. The first-order chi connectivity index (χ1) is 8.49. The molecule has 1 amide bonds. The number of aliphatic hydroxyl groups is 1. The van der Waals surface area contributed by atoms with E-state index in [1.807, 2.05) is 44.2 Å². The molecule has 0 bridgehead atoms. The van der Waals surface area contributed by atoms with Crippen LogP contribution in [0.3, 0.4) is 0 Å². The van der Waals surface area contributed by atoms with Crippen LogP contribution in [0.1, 0.15) is 19.4 Å². The maximum absolute atomic E-state index is 11.8. The third kappa shape index (κ3) is 2.82. The van der Waals surface area contributed by atoms with E-state index >= 15 is 0 Å². The highest BCUT2D eigenvalue weighted by atomic mass is 16.6. The Morgan fingerprint density at radius 2 is 2.11 bits per heavy atom. The quantitative estimate of drug-likeness (QED) is 0.872. The third-order valence-corrected chi connectivity index (χ3v) is 3.36. The maximum Gasteiger partial charge on any atom is 0.410 e. The lowest BCUT2D eigenvalue weighted by Gasteiger charge is -2.20. The number of benzene rings is 1. The van der Waals surface area contributed by atoms with Crippen LogP contribution >= 0.6 is 0 Å². The molecule has 1 aliphatic heterocycles. The minimum Gasteiger partial charge on any atom is -0.445 e. The van der Waals surface area contributed by atoms with Crippen LogP contribution in [0.5, 0.6) is 0 Å². The summed E-state index contributed by atoms with van der Waals surface area (Å²) in [7, 11) is 0. The average molecular weight is 249 g/mol. The van der Waals surface area contributed by atoms with Crippen LogP contribution < -0.4 is 0 Å². The molecule has 4 heteroatoms. The largest absolute Gasteiger partial charge is 0.445 e. The van der Waals surface area contributed by atoms with Gasteiger partial charge in [-0.05, 0) is 5.56 Å². The van der Waals surface area contributed by atoms with Gasteiger partial charge in [0.1, 0.15) is 6.61 Å². The van der Waals surface area contributed by atoms with Gasteiger partial charge in [-0.1, -0.05) is 44.2 Å². The Labute approximate surface area is 107 Å². The average Bonchev–Trinajstić information content (AvgIpc) is 2.62. The Balaban J connectivity index is 1.87. The number of hydrogen-bond acceptors (Lipinski definition) is 3. The predicted octanol–water partition coefficient (Wildman–Crippen LogP) is 2.03. The van der Waals surface area contributed by atoms with Crippen LogP contribution in [0, 0.1) is 5.41 Å². The van der Waals surface area contributed by atoms with E-state index in [9.17, 15) is 9.90 Å². The zero-order valence-electron chi connectivity index (χ0n) is 10.8. The van der Waals surface area contributed by atoms with E-state index in [4.69, 9.17) is 4.74 Å². The van der Waals surface area contributed by atoms with Crippen molar-refractivity contribution in [2.75, 3.05) is 13.1 Å². The first-order valence-corrected chi connectivity index (χ1v) is 6.13. The summed E-state index contributed by atoms with van der Waals surface area (Å²) in [4.78, 5) is 13.4. The molecule has 1 atom stereocenters. The van der Waals surface area contributed by atoms with Crippen LogP contribution in [-0.4, -0.2) is 35.3 Å². The molecule has 0 spiro atoms. The second-order valence-corrected chi connectivity index (χ2v) is 5.43. The predicted molar refractivity (Wildman–Crippen MR) is 68.0 cm³/mol. The Hall–Kier alpha value is -1.55. The van der Waals surface area contributed by atoms with E-state index in [1.165, 1.54) is 0 Å². The van der Waals surface area contributed by atoms with Crippen LogP contribution in [-0.2, 0) is 11.3 Å². The van der Waals surface area contributed by atoms with E-state index in [0.29, 0.717) is 13.1 Å². The number of ether oxygens (including phenoxy) is 1.